The zero-order chi connectivity index (χ0) is 19.3. The number of ether oxygens (including phenoxy) is 1. The van der Waals surface area contributed by atoms with Gasteiger partial charge in [0.1, 0.15) is 5.60 Å². The molecule has 1 unspecified atom stereocenters. The van der Waals surface area contributed by atoms with Crippen molar-refractivity contribution < 1.29 is 18.8 Å². The average molecular weight is 380 g/mol. The van der Waals surface area contributed by atoms with Gasteiger partial charge in [-0.05, 0) is 54.9 Å². The third-order valence-electron chi connectivity index (χ3n) is 5.22. The van der Waals surface area contributed by atoms with E-state index in [1.165, 1.54) is 0 Å². The van der Waals surface area contributed by atoms with Gasteiger partial charge in [0.15, 0.2) is 0 Å². The maximum Gasteiger partial charge on any atom is 0.515 e. The van der Waals surface area contributed by atoms with Crippen molar-refractivity contribution in [3.63, 3.8) is 0 Å². The highest BCUT2D eigenvalue weighted by atomic mass is 32.1. The molecule has 0 bridgehead atoms. The third-order valence-corrected chi connectivity index (χ3v) is 6.25. The van der Waals surface area contributed by atoms with Gasteiger partial charge in [-0.2, -0.15) is 0 Å². The molecule has 0 aliphatic carbocycles. The molecule has 0 saturated carbocycles. The second-order valence-corrected chi connectivity index (χ2v) is 10.0. The Bertz CT molecular complexity index is 667. The van der Waals surface area contributed by atoms with E-state index in [9.17, 15) is 4.79 Å². The second kappa shape index (κ2) is 6.50. The highest BCUT2D eigenvalue weighted by Crippen LogP contribution is 2.37. The monoisotopic (exact) mass is 380 g/mol. The van der Waals surface area contributed by atoms with Crippen LogP contribution >= 0.6 is 11.3 Å². The van der Waals surface area contributed by atoms with E-state index in [1.54, 1.807) is 16.2 Å². The fourth-order valence-corrected chi connectivity index (χ4v) is 3.96. The maximum absolute atomic E-state index is 12.2. The zero-order valence-corrected chi connectivity index (χ0v) is 17.6. The van der Waals surface area contributed by atoms with Gasteiger partial charge in [0.25, 0.3) is 0 Å². The van der Waals surface area contributed by atoms with Gasteiger partial charge in [-0.3, -0.25) is 0 Å². The van der Waals surface area contributed by atoms with Crippen molar-refractivity contribution in [2.45, 2.75) is 77.6 Å². The summed E-state index contributed by atoms with van der Waals surface area (Å²) in [7, 11) is -0.437. The fourth-order valence-electron chi connectivity index (χ4n) is 3.01. The van der Waals surface area contributed by atoms with Crippen LogP contribution in [0.25, 0.3) is 0 Å². The van der Waals surface area contributed by atoms with E-state index >= 15 is 0 Å². The third kappa shape index (κ3) is 3.92. The van der Waals surface area contributed by atoms with Crippen molar-refractivity contribution in [2.75, 3.05) is 13.1 Å². The van der Waals surface area contributed by atoms with E-state index in [4.69, 9.17) is 19.0 Å². The number of likely N-dealkylation sites (tertiary alicyclic amines) is 1. The van der Waals surface area contributed by atoms with E-state index in [1.807, 2.05) is 53.8 Å². The summed E-state index contributed by atoms with van der Waals surface area (Å²) in [6.45, 7) is 15.1. The van der Waals surface area contributed by atoms with E-state index in [0.29, 0.717) is 13.1 Å². The molecule has 8 heteroatoms. The lowest BCUT2D eigenvalue weighted by Gasteiger charge is -2.32. The normalized spacial score (nSPS) is 25.0. The van der Waals surface area contributed by atoms with Crippen LogP contribution in [0.3, 0.4) is 0 Å². The molecule has 1 aromatic rings. The number of aromatic nitrogens is 1. The molecule has 0 aromatic carbocycles. The first-order valence-corrected chi connectivity index (χ1v) is 10.0. The van der Waals surface area contributed by atoms with Crippen molar-refractivity contribution in [3.05, 3.63) is 10.4 Å². The lowest BCUT2D eigenvalue weighted by Crippen LogP contribution is -2.41. The van der Waals surface area contributed by atoms with E-state index < -0.39 is 12.7 Å². The molecule has 26 heavy (non-hydrogen) atoms. The quantitative estimate of drug-likeness (QED) is 0.738. The molecule has 2 saturated heterocycles. The predicted molar refractivity (Wildman–Crippen MR) is 103 cm³/mol. The van der Waals surface area contributed by atoms with Crippen LogP contribution in [0.2, 0.25) is 0 Å². The Hall–Kier alpha value is -1.12. The number of thiazole rings is 1. The van der Waals surface area contributed by atoms with Crippen molar-refractivity contribution >= 4 is 30.1 Å². The van der Waals surface area contributed by atoms with Gasteiger partial charge in [0.05, 0.1) is 21.8 Å². The molecular formula is C18H29BN2O4S. The number of amides is 1. The highest BCUT2D eigenvalue weighted by molar-refractivity contribution is 7.10. The molecule has 1 aromatic heterocycles. The van der Waals surface area contributed by atoms with Crippen molar-refractivity contribution in [3.8, 4) is 0 Å². The Kier molecular flexibility index (Phi) is 4.91. The molecule has 2 aliphatic rings. The summed E-state index contributed by atoms with van der Waals surface area (Å²) < 4.78 is 17.6. The lowest BCUT2D eigenvalue weighted by molar-refractivity contribution is 0.00578. The molecule has 2 fully saturated rings. The number of rotatable bonds is 2. The number of nitrogens with zero attached hydrogens (tertiary/aromatic N) is 2. The molecule has 1 atom stereocenters. The molecule has 0 spiro atoms. The SMILES string of the molecule is CC(C)(C)OC(=O)N1CCC(c2nc(B3OC(C)(C)C(C)(C)O3)cs2)C1. The van der Waals surface area contributed by atoms with Gasteiger partial charge in [0.2, 0.25) is 0 Å². The van der Waals surface area contributed by atoms with Crippen LogP contribution in [0.1, 0.15) is 65.8 Å². The molecule has 2 aliphatic heterocycles. The number of hydrogen-bond acceptors (Lipinski definition) is 6. The van der Waals surface area contributed by atoms with Crippen molar-refractivity contribution in [2.24, 2.45) is 0 Å². The largest absolute Gasteiger partial charge is 0.515 e. The molecule has 0 N–H and O–H groups in total. The first-order chi connectivity index (χ1) is 11.9. The van der Waals surface area contributed by atoms with Gasteiger partial charge in [-0.25, -0.2) is 9.78 Å². The van der Waals surface area contributed by atoms with Crippen molar-refractivity contribution in [1.82, 2.24) is 9.88 Å². The number of carbonyl (C=O) groups excluding carboxylic acids is 1. The minimum Gasteiger partial charge on any atom is -0.444 e. The standard InChI is InChI=1S/C18H29BN2O4S/c1-16(2,3)23-15(22)21-9-8-12(10-21)14-20-13(11-26-14)19-24-17(4,5)18(6,7)25-19/h11-12H,8-10H2,1-7H3. The Balaban J connectivity index is 1.64. The van der Waals surface area contributed by atoms with Crippen LogP contribution in [-0.2, 0) is 14.0 Å². The molecule has 1 amide bonds. The first kappa shape index (κ1) is 19.6. The smallest absolute Gasteiger partial charge is 0.444 e. The molecule has 6 nitrogen and oxygen atoms in total. The summed E-state index contributed by atoms with van der Waals surface area (Å²) in [6, 6.07) is 0. The summed E-state index contributed by atoms with van der Waals surface area (Å²) in [5.41, 5.74) is -0.398. The maximum atomic E-state index is 12.2. The molecular weight excluding hydrogens is 351 g/mol. The highest BCUT2D eigenvalue weighted by Gasteiger charge is 2.52. The van der Waals surface area contributed by atoms with E-state index in [0.717, 1.165) is 17.0 Å². The molecule has 3 rings (SSSR count). The fraction of sp³-hybridized carbons (Fsp3) is 0.778. The van der Waals surface area contributed by atoms with Gasteiger partial charge >= 0.3 is 13.2 Å². The average Bonchev–Trinajstić information content (AvgIpc) is 3.16. The van der Waals surface area contributed by atoms with Crippen LogP contribution < -0.4 is 5.59 Å². The summed E-state index contributed by atoms with van der Waals surface area (Å²) in [4.78, 5) is 18.8. The molecule has 3 heterocycles. The summed E-state index contributed by atoms with van der Waals surface area (Å²) in [5, 5.41) is 3.04. The van der Waals surface area contributed by atoms with Gasteiger partial charge in [-0.15, -0.1) is 11.3 Å². The van der Waals surface area contributed by atoms with E-state index in [-0.39, 0.29) is 23.2 Å². The van der Waals surface area contributed by atoms with Crippen LogP contribution in [0.4, 0.5) is 4.79 Å². The Morgan fingerprint density at radius 2 is 1.92 bits per heavy atom. The first-order valence-electron chi connectivity index (χ1n) is 9.17. The van der Waals surface area contributed by atoms with Gasteiger partial charge in [-0.1, -0.05) is 0 Å². The zero-order valence-electron chi connectivity index (χ0n) is 16.8. The Morgan fingerprint density at radius 1 is 1.31 bits per heavy atom. The van der Waals surface area contributed by atoms with Crippen LogP contribution in [-0.4, -0.2) is 53.0 Å². The summed E-state index contributed by atoms with van der Waals surface area (Å²) in [6.07, 6.45) is 0.651. The minimum absolute atomic E-state index is 0.240. The predicted octanol–water partition coefficient (Wildman–Crippen LogP) is 3.17. The summed E-state index contributed by atoms with van der Waals surface area (Å²) >= 11 is 1.61. The Morgan fingerprint density at radius 3 is 2.50 bits per heavy atom. The number of carbonyl (C=O) groups is 1. The summed E-state index contributed by atoms with van der Waals surface area (Å²) in [5.74, 6) is 0.240. The minimum atomic E-state index is -0.472. The van der Waals surface area contributed by atoms with Crippen molar-refractivity contribution in [1.29, 1.82) is 0 Å². The van der Waals surface area contributed by atoms with Gasteiger partial charge in [0, 0.05) is 24.4 Å². The second-order valence-electron chi connectivity index (χ2n) is 9.11. The lowest BCUT2D eigenvalue weighted by atomic mass is 9.86. The van der Waals surface area contributed by atoms with Crippen LogP contribution in [0, 0.1) is 0 Å². The van der Waals surface area contributed by atoms with Gasteiger partial charge < -0.3 is 18.9 Å². The van der Waals surface area contributed by atoms with Crippen LogP contribution in [0.15, 0.2) is 5.38 Å². The Labute approximate surface area is 160 Å². The molecule has 144 valence electrons. The van der Waals surface area contributed by atoms with E-state index in [2.05, 4.69) is 0 Å². The molecule has 0 radical (unpaired) electrons. The number of hydrogen-bond donors (Lipinski definition) is 0. The van der Waals surface area contributed by atoms with Crippen LogP contribution in [0.5, 0.6) is 0 Å². The topological polar surface area (TPSA) is 60.9 Å².